The summed E-state index contributed by atoms with van der Waals surface area (Å²) in [6, 6.07) is 0. The lowest BCUT2D eigenvalue weighted by Gasteiger charge is -2.03. The second-order valence-electron chi connectivity index (χ2n) is 2.95. The third-order valence-corrected chi connectivity index (χ3v) is 2.25. The Balaban J connectivity index is 3.16. The predicted octanol–water partition coefficient (Wildman–Crippen LogP) is 2.16. The monoisotopic (exact) mass is 167 g/mol. The first-order chi connectivity index (χ1) is 5.74. The summed E-state index contributed by atoms with van der Waals surface area (Å²) < 4.78 is 7.51. The summed E-state index contributed by atoms with van der Waals surface area (Å²) in [4.78, 5) is 0. The molecule has 0 aliphatic heterocycles. The SMILES string of the molecule is CCc1cn(C)c(CC)c1OC. The van der Waals surface area contributed by atoms with Crippen molar-refractivity contribution in [2.75, 3.05) is 7.11 Å². The molecular formula is C10H17NO. The van der Waals surface area contributed by atoms with Crippen molar-refractivity contribution in [2.24, 2.45) is 7.05 Å². The molecule has 68 valence electrons. The van der Waals surface area contributed by atoms with Gasteiger partial charge in [-0.2, -0.15) is 0 Å². The van der Waals surface area contributed by atoms with Crippen molar-refractivity contribution >= 4 is 0 Å². The van der Waals surface area contributed by atoms with E-state index in [-0.39, 0.29) is 0 Å². The Morgan fingerprint density at radius 3 is 2.42 bits per heavy atom. The summed E-state index contributed by atoms with van der Waals surface area (Å²) in [5.41, 5.74) is 2.59. The van der Waals surface area contributed by atoms with Gasteiger partial charge in [0.2, 0.25) is 0 Å². The number of ether oxygens (including phenoxy) is 1. The van der Waals surface area contributed by atoms with Crippen LogP contribution in [0.4, 0.5) is 0 Å². The molecule has 0 amide bonds. The van der Waals surface area contributed by atoms with E-state index in [1.165, 1.54) is 11.3 Å². The van der Waals surface area contributed by atoms with Crippen LogP contribution in [-0.4, -0.2) is 11.7 Å². The minimum absolute atomic E-state index is 1.03. The van der Waals surface area contributed by atoms with Crippen LogP contribution in [0.3, 0.4) is 0 Å². The number of aryl methyl sites for hydroxylation is 2. The molecule has 0 N–H and O–H groups in total. The predicted molar refractivity (Wildman–Crippen MR) is 50.7 cm³/mol. The van der Waals surface area contributed by atoms with Crippen LogP contribution in [0.15, 0.2) is 6.20 Å². The minimum atomic E-state index is 1.03. The fourth-order valence-corrected chi connectivity index (χ4v) is 1.63. The van der Waals surface area contributed by atoms with Gasteiger partial charge in [0, 0.05) is 18.8 Å². The van der Waals surface area contributed by atoms with Gasteiger partial charge in [0.05, 0.1) is 12.8 Å². The Morgan fingerprint density at radius 2 is 2.00 bits per heavy atom. The first-order valence-corrected chi connectivity index (χ1v) is 4.45. The van der Waals surface area contributed by atoms with Gasteiger partial charge in [0.15, 0.2) is 0 Å². The molecule has 0 fully saturated rings. The van der Waals surface area contributed by atoms with Crippen LogP contribution >= 0.6 is 0 Å². The van der Waals surface area contributed by atoms with Crippen LogP contribution in [0.2, 0.25) is 0 Å². The van der Waals surface area contributed by atoms with E-state index in [0.717, 1.165) is 18.6 Å². The molecule has 0 saturated carbocycles. The van der Waals surface area contributed by atoms with Crippen molar-refractivity contribution in [3.8, 4) is 5.75 Å². The number of rotatable bonds is 3. The molecular weight excluding hydrogens is 150 g/mol. The lowest BCUT2D eigenvalue weighted by Crippen LogP contribution is -1.95. The molecule has 2 nitrogen and oxygen atoms in total. The van der Waals surface area contributed by atoms with Gasteiger partial charge in [-0.1, -0.05) is 13.8 Å². The molecule has 0 aliphatic rings. The number of methoxy groups -OCH3 is 1. The van der Waals surface area contributed by atoms with Gasteiger partial charge in [0.1, 0.15) is 5.75 Å². The molecule has 1 aromatic heterocycles. The van der Waals surface area contributed by atoms with Gasteiger partial charge in [0.25, 0.3) is 0 Å². The summed E-state index contributed by atoms with van der Waals surface area (Å²) in [5.74, 6) is 1.07. The molecule has 12 heavy (non-hydrogen) atoms. The number of nitrogens with zero attached hydrogens (tertiary/aromatic N) is 1. The van der Waals surface area contributed by atoms with E-state index in [2.05, 4.69) is 31.7 Å². The molecule has 1 aromatic rings. The summed E-state index contributed by atoms with van der Waals surface area (Å²) in [7, 11) is 3.81. The largest absolute Gasteiger partial charge is 0.495 e. The standard InChI is InChI=1S/C10H17NO/c1-5-8-7-11(3)9(6-2)10(8)12-4/h7H,5-6H2,1-4H3. The van der Waals surface area contributed by atoms with Crippen LogP contribution in [0.5, 0.6) is 5.75 Å². The highest BCUT2D eigenvalue weighted by Crippen LogP contribution is 2.26. The second kappa shape index (κ2) is 3.65. The Bertz CT molecular complexity index is 263. The zero-order chi connectivity index (χ0) is 9.14. The van der Waals surface area contributed by atoms with E-state index in [4.69, 9.17) is 4.74 Å². The van der Waals surface area contributed by atoms with Crippen LogP contribution < -0.4 is 4.74 Å². The zero-order valence-electron chi connectivity index (χ0n) is 8.35. The molecule has 0 spiro atoms. The molecule has 0 aliphatic carbocycles. The highest BCUT2D eigenvalue weighted by molar-refractivity contribution is 5.39. The van der Waals surface area contributed by atoms with Crippen LogP contribution in [0, 0.1) is 0 Å². The van der Waals surface area contributed by atoms with E-state index in [0.29, 0.717) is 0 Å². The topological polar surface area (TPSA) is 14.2 Å². The normalized spacial score (nSPS) is 10.3. The number of hydrogen-bond acceptors (Lipinski definition) is 1. The van der Waals surface area contributed by atoms with Crippen molar-refractivity contribution in [1.82, 2.24) is 4.57 Å². The van der Waals surface area contributed by atoms with Crippen molar-refractivity contribution < 1.29 is 4.74 Å². The minimum Gasteiger partial charge on any atom is -0.495 e. The van der Waals surface area contributed by atoms with E-state index < -0.39 is 0 Å². The Labute approximate surface area is 74.2 Å². The first kappa shape index (κ1) is 9.17. The maximum atomic E-state index is 5.36. The molecule has 0 unspecified atom stereocenters. The van der Waals surface area contributed by atoms with E-state index in [1.54, 1.807) is 7.11 Å². The van der Waals surface area contributed by atoms with Gasteiger partial charge in [-0.3, -0.25) is 0 Å². The van der Waals surface area contributed by atoms with Crippen LogP contribution in [0.25, 0.3) is 0 Å². The summed E-state index contributed by atoms with van der Waals surface area (Å²) in [6.45, 7) is 4.30. The molecule has 0 saturated heterocycles. The molecule has 0 radical (unpaired) electrons. The molecule has 0 bridgehead atoms. The maximum absolute atomic E-state index is 5.36. The van der Waals surface area contributed by atoms with Gasteiger partial charge in [-0.15, -0.1) is 0 Å². The van der Waals surface area contributed by atoms with Crippen molar-refractivity contribution in [3.05, 3.63) is 17.5 Å². The molecule has 2 heteroatoms. The van der Waals surface area contributed by atoms with E-state index in [1.807, 2.05) is 0 Å². The Morgan fingerprint density at radius 1 is 1.33 bits per heavy atom. The van der Waals surface area contributed by atoms with E-state index in [9.17, 15) is 0 Å². The van der Waals surface area contributed by atoms with Crippen LogP contribution in [0.1, 0.15) is 25.1 Å². The molecule has 0 aromatic carbocycles. The quantitative estimate of drug-likeness (QED) is 0.673. The fourth-order valence-electron chi connectivity index (χ4n) is 1.63. The lowest BCUT2D eigenvalue weighted by atomic mass is 10.2. The molecule has 1 heterocycles. The fraction of sp³-hybridized carbons (Fsp3) is 0.600. The third kappa shape index (κ3) is 1.33. The van der Waals surface area contributed by atoms with Crippen molar-refractivity contribution in [1.29, 1.82) is 0 Å². The number of aromatic nitrogens is 1. The van der Waals surface area contributed by atoms with E-state index >= 15 is 0 Å². The average Bonchev–Trinajstić information content (AvgIpc) is 2.40. The Hall–Kier alpha value is -0.920. The third-order valence-electron chi connectivity index (χ3n) is 2.25. The molecule has 1 rings (SSSR count). The highest BCUT2D eigenvalue weighted by atomic mass is 16.5. The highest BCUT2D eigenvalue weighted by Gasteiger charge is 2.10. The van der Waals surface area contributed by atoms with Gasteiger partial charge in [-0.25, -0.2) is 0 Å². The second-order valence-corrected chi connectivity index (χ2v) is 2.95. The summed E-state index contributed by atoms with van der Waals surface area (Å²) in [5, 5.41) is 0. The smallest absolute Gasteiger partial charge is 0.142 e. The zero-order valence-corrected chi connectivity index (χ0v) is 8.35. The van der Waals surface area contributed by atoms with Gasteiger partial charge in [-0.05, 0) is 12.8 Å². The van der Waals surface area contributed by atoms with Crippen LogP contribution in [-0.2, 0) is 19.9 Å². The first-order valence-electron chi connectivity index (χ1n) is 4.45. The van der Waals surface area contributed by atoms with Gasteiger partial charge < -0.3 is 9.30 Å². The molecule has 0 atom stereocenters. The Kier molecular flexibility index (Phi) is 2.79. The summed E-state index contributed by atoms with van der Waals surface area (Å²) in [6.07, 6.45) is 4.22. The lowest BCUT2D eigenvalue weighted by molar-refractivity contribution is 0.405. The summed E-state index contributed by atoms with van der Waals surface area (Å²) >= 11 is 0. The maximum Gasteiger partial charge on any atom is 0.142 e. The van der Waals surface area contributed by atoms with Gasteiger partial charge >= 0.3 is 0 Å². The average molecular weight is 167 g/mol. The number of hydrogen-bond donors (Lipinski definition) is 0. The van der Waals surface area contributed by atoms with Crippen molar-refractivity contribution in [3.63, 3.8) is 0 Å². The van der Waals surface area contributed by atoms with Crippen molar-refractivity contribution in [2.45, 2.75) is 26.7 Å².